The molecule has 0 saturated carbocycles. The van der Waals surface area contributed by atoms with Gasteiger partial charge in [-0.05, 0) is 76.4 Å². The molecule has 9 heteroatoms. The van der Waals surface area contributed by atoms with Crippen molar-refractivity contribution < 1.29 is 9.53 Å². The molecule has 1 amide bonds. The summed E-state index contributed by atoms with van der Waals surface area (Å²) in [5, 5.41) is 6.60. The second-order valence-corrected chi connectivity index (χ2v) is 11.8. The number of anilines is 4. The fraction of sp³-hybridized carbons (Fsp3) is 0.382. The van der Waals surface area contributed by atoms with E-state index in [-0.39, 0.29) is 12.0 Å². The number of nitrogens with zero attached hydrogens (tertiary/aromatic N) is 5. The lowest BCUT2D eigenvalue weighted by Crippen LogP contribution is -2.44. The summed E-state index contributed by atoms with van der Waals surface area (Å²) in [6, 6.07) is 14.3. The Bertz CT molecular complexity index is 1640. The van der Waals surface area contributed by atoms with E-state index in [0.29, 0.717) is 11.5 Å². The molecule has 0 aliphatic carbocycles. The van der Waals surface area contributed by atoms with Gasteiger partial charge < -0.3 is 29.7 Å². The number of ether oxygens (including phenoxy) is 1. The van der Waals surface area contributed by atoms with Crippen molar-refractivity contribution in [3.63, 3.8) is 0 Å². The van der Waals surface area contributed by atoms with Gasteiger partial charge in [-0.1, -0.05) is 25.1 Å². The molecule has 0 unspecified atom stereocenters. The normalized spacial score (nSPS) is 14.8. The average molecular weight is 580 g/mol. The van der Waals surface area contributed by atoms with Crippen molar-refractivity contribution in [2.45, 2.75) is 53.1 Å². The van der Waals surface area contributed by atoms with Gasteiger partial charge in [-0.15, -0.1) is 0 Å². The number of fused-ring (bicyclic) bond motifs is 3. The highest BCUT2D eigenvalue weighted by molar-refractivity contribution is 6.06. The number of aromatic nitrogens is 3. The number of para-hydroxylation sites is 1. The van der Waals surface area contributed by atoms with Crippen LogP contribution in [0.25, 0.3) is 5.82 Å². The van der Waals surface area contributed by atoms with Crippen LogP contribution in [0.1, 0.15) is 53.5 Å². The quantitative estimate of drug-likeness (QED) is 0.274. The van der Waals surface area contributed by atoms with Crippen molar-refractivity contribution in [2.24, 2.45) is 0 Å². The maximum absolute atomic E-state index is 13.5. The number of rotatable bonds is 8. The molecule has 4 heterocycles. The molecule has 0 atom stereocenters. The fourth-order valence-electron chi connectivity index (χ4n) is 5.95. The number of carbonyl (C=O) groups excluding carboxylic acids is 1. The van der Waals surface area contributed by atoms with Crippen molar-refractivity contribution in [3.8, 4) is 11.6 Å². The molecule has 43 heavy (non-hydrogen) atoms. The van der Waals surface area contributed by atoms with Crippen molar-refractivity contribution in [3.05, 3.63) is 82.8 Å². The Hall–Kier alpha value is -4.37. The van der Waals surface area contributed by atoms with E-state index >= 15 is 0 Å². The van der Waals surface area contributed by atoms with Crippen molar-refractivity contribution in [2.75, 3.05) is 48.8 Å². The van der Waals surface area contributed by atoms with Gasteiger partial charge >= 0.3 is 0 Å². The fourth-order valence-corrected chi connectivity index (χ4v) is 5.95. The van der Waals surface area contributed by atoms with Crippen LogP contribution in [0.2, 0.25) is 0 Å². The summed E-state index contributed by atoms with van der Waals surface area (Å²) in [6.07, 6.45) is 6.21. The first kappa shape index (κ1) is 28.7. The summed E-state index contributed by atoms with van der Waals surface area (Å²) in [4.78, 5) is 27.8. The topological polar surface area (TPSA) is 87.6 Å². The Labute approximate surface area is 253 Å². The maximum atomic E-state index is 13.5. The Balaban J connectivity index is 1.26. The molecule has 2 aromatic heterocycles. The third-order valence-electron chi connectivity index (χ3n) is 8.36. The van der Waals surface area contributed by atoms with Gasteiger partial charge in [-0.3, -0.25) is 4.79 Å². The molecule has 2 aliphatic heterocycles. The molecule has 2 aliphatic rings. The Morgan fingerprint density at radius 1 is 1.07 bits per heavy atom. The van der Waals surface area contributed by atoms with Gasteiger partial charge in [0, 0.05) is 67.3 Å². The SMILES string of the molecule is CCc1cccc(C)c1NC(=O)c1ccn2c1CCc1cnc(Nc3ccc(N4CCN(C)CC4)cc3OC(C)C)nc1-2. The molecule has 0 spiro atoms. The van der Waals surface area contributed by atoms with E-state index in [4.69, 9.17) is 9.72 Å². The molecule has 2 aromatic carbocycles. The van der Waals surface area contributed by atoms with E-state index in [0.717, 1.165) is 96.5 Å². The average Bonchev–Trinajstić information content (AvgIpc) is 3.44. The van der Waals surface area contributed by atoms with Crippen molar-refractivity contribution in [1.82, 2.24) is 19.4 Å². The highest BCUT2D eigenvalue weighted by Gasteiger charge is 2.25. The van der Waals surface area contributed by atoms with Crippen LogP contribution >= 0.6 is 0 Å². The number of piperazine rings is 1. The Kier molecular flexibility index (Phi) is 8.08. The van der Waals surface area contributed by atoms with Gasteiger partial charge in [0.25, 0.3) is 5.91 Å². The monoisotopic (exact) mass is 579 g/mol. The molecule has 9 nitrogen and oxygen atoms in total. The second kappa shape index (κ2) is 12.1. The first-order chi connectivity index (χ1) is 20.8. The molecule has 0 radical (unpaired) electrons. The zero-order valence-corrected chi connectivity index (χ0v) is 25.8. The van der Waals surface area contributed by atoms with Crippen LogP contribution in [0.4, 0.5) is 23.0 Å². The third-order valence-corrected chi connectivity index (χ3v) is 8.36. The van der Waals surface area contributed by atoms with Crippen molar-refractivity contribution in [1.29, 1.82) is 0 Å². The summed E-state index contributed by atoms with van der Waals surface area (Å²) in [5.74, 6) is 1.96. The van der Waals surface area contributed by atoms with E-state index in [1.807, 2.05) is 62.0 Å². The highest BCUT2D eigenvalue weighted by atomic mass is 16.5. The van der Waals surface area contributed by atoms with Crippen LogP contribution in [0.5, 0.6) is 5.75 Å². The van der Waals surface area contributed by atoms with E-state index in [9.17, 15) is 4.79 Å². The molecular formula is C34H41N7O2. The number of hydrogen-bond acceptors (Lipinski definition) is 7. The predicted octanol–water partition coefficient (Wildman–Crippen LogP) is 5.77. The first-order valence-electron chi connectivity index (χ1n) is 15.3. The van der Waals surface area contributed by atoms with Gasteiger partial charge in [0.15, 0.2) is 0 Å². The minimum atomic E-state index is -0.0930. The molecule has 0 bridgehead atoms. The molecule has 4 aromatic rings. The molecule has 2 N–H and O–H groups in total. The van der Waals surface area contributed by atoms with E-state index in [2.05, 4.69) is 57.6 Å². The lowest BCUT2D eigenvalue weighted by atomic mass is 10.0. The Morgan fingerprint density at radius 2 is 1.88 bits per heavy atom. The molecule has 1 saturated heterocycles. The van der Waals surface area contributed by atoms with Crippen molar-refractivity contribution >= 4 is 28.9 Å². The summed E-state index contributed by atoms with van der Waals surface area (Å²) < 4.78 is 8.27. The largest absolute Gasteiger partial charge is 0.489 e. The van der Waals surface area contributed by atoms with Gasteiger partial charge in [0.1, 0.15) is 11.6 Å². The third kappa shape index (κ3) is 5.95. The second-order valence-electron chi connectivity index (χ2n) is 11.8. The van der Waals surface area contributed by atoms with Gasteiger partial charge in [-0.2, -0.15) is 4.98 Å². The van der Waals surface area contributed by atoms with Crippen LogP contribution in [0.15, 0.2) is 54.9 Å². The summed E-state index contributed by atoms with van der Waals surface area (Å²) >= 11 is 0. The van der Waals surface area contributed by atoms with Crippen LogP contribution in [-0.4, -0.2) is 64.7 Å². The van der Waals surface area contributed by atoms with Gasteiger partial charge in [-0.25, -0.2) is 4.98 Å². The van der Waals surface area contributed by atoms with E-state index in [1.54, 1.807) is 0 Å². The number of amides is 1. The minimum absolute atomic E-state index is 0.0211. The minimum Gasteiger partial charge on any atom is -0.489 e. The first-order valence-corrected chi connectivity index (χ1v) is 15.3. The van der Waals surface area contributed by atoms with Crippen LogP contribution < -0.4 is 20.3 Å². The molecule has 6 rings (SSSR count). The van der Waals surface area contributed by atoms with Gasteiger partial charge in [0.05, 0.1) is 17.4 Å². The number of likely N-dealkylation sites (N-methyl/N-ethyl adjacent to an activating group) is 1. The molecule has 224 valence electrons. The standard InChI is InChI=1S/C34H41N7O2/c1-6-24-9-7-8-23(4)31(24)37-33(42)27-14-15-41-29(27)13-10-25-21-35-34(38-32(25)41)36-28-12-11-26(20-30(28)43-22(2)3)40-18-16-39(5)17-19-40/h7-9,11-12,14-15,20-22H,6,10,13,16-19H2,1-5H3,(H,37,42)(H,35,36,38). The zero-order chi connectivity index (χ0) is 30.1. The lowest BCUT2D eigenvalue weighted by molar-refractivity contribution is 0.102. The maximum Gasteiger partial charge on any atom is 0.257 e. The highest BCUT2D eigenvalue weighted by Crippen LogP contribution is 2.34. The number of benzene rings is 2. The van der Waals surface area contributed by atoms with Crippen LogP contribution in [0.3, 0.4) is 0 Å². The molecular weight excluding hydrogens is 538 g/mol. The van der Waals surface area contributed by atoms with Crippen LogP contribution in [0, 0.1) is 6.92 Å². The molecule has 1 fully saturated rings. The number of hydrogen-bond donors (Lipinski definition) is 2. The summed E-state index contributed by atoms with van der Waals surface area (Å²) in [7, 11) is 2.16. The number of carbonyl (C=O) groups is 1. The lowest BCUT2D eigenvalue weighted by Gasteiger charge is -2.34. The van der Waals surface area contributed by atoms with E-state index in [1.165, 1.54) is 0 Å². The van der Waals surface area contributed by atoms with E-state index < -0.39 is 0 Å². The van der Waals surface area contributed by atoms with Crippen LogP contribution in [-0.2, 0) is 19.3 Å². The zero-order valence-electron chi connectivity index (χ0n) is 25.8. The Morgan fingerprint density at radius 3 is 2.65 bits per heavy atom. The summed E-state index contributed by atoms with van der Waals surface area (Å²) in [5.41, 5.74) is 7.76. The van der Waals surface area contributed by atoms with Gasteiger partial charge in [0.2, 0.25) is 5.95 Å². The predicted molar refractivity (Wildman–Crippen MR) is 172 cm³/mol. The summed E-state index contributed by atoms with van der Waals surface area (Å²) in [6.45, 7) is 12.3. The number of nitrogens with one attached hydrogen (secondary N) is 2. The smallest absolute Gasteiger partial charge is 0.257 e. The number of aryl methyl sites for hydroxylation is 3.